The smallest absolute Gasteiger partial charge is 0.242 e. The van der Waals surface area contributed by atoms with Crippen molar-refractivity contribution < 1.29 is 13.2 Å². The number of carbonyl (C=O) groups is 1. The Kier molecular flexibility index (Phi) is 5.73. The molecule has 1 amide bonds. The first-order valence-electron chi connectivity index (χ1n) is 10.6. The topological polar surface area (TPSA) is 83.5 Å². The van der Waals surface area contributed by atoms with Crippen molar-refractivity contribution in [1.82, 2.24) is 14.3 Å². The molecule has 32 heavy (non-hydrogen) atoms. The maximum Gasteiger partial charge on any atom is 0.242 e. The van der Waals surface area contributed by atoms with Gasteiger partial charge in [-0.15, -0.1) is 11.3 Å². The molecule has 0 N–H and O–H groups in total. The summed E-state index contributed by atoms with van der Waals surface area (Å²) in [6, 6.07) is 5.07. The lowest BCUT2D eigenvalue weighted by molar-refractivity contribution is -0.116. The molecule has 0 unspecified atom stereocenters. The Balaban J connectivity index is 1.37. The standard InChI is InChI=1S/C22H24N4O3S3/c1-25(2)32(28,29)15-8-9-17-14(11-15)5-4-10-26(17)19(27)12-30-21-20-16-6-3-7-18(16)31-22(20)24-13-23-21/h8-9,11,13H,3-7,10,12H2,1-2H3. The molecule has 1 aliphatic heterocycles. The molecule has 0 fully saturated rings. The third-order valence-corrected chi connectivity index (χ3v) is 10.0. The van der Waals surface area contributed by atoms with E-state index >= 15 is 0 Å². The van der Waals surface area contributed by atoms with Crippen LogP contribution in [0.25, 0.3) is 10.2 Å². The lowest BCUT2D eigenvalue weighted by atomic mass is 10.0. The van der Waals surface area contributed by atoms with E-state index in [1.165, 1.54) is 47.0 Å². The molecule has 2 aromatic heterocycles. The number of anilines is 1. The number of sulfonamides is 1. The van der Waals surface area contributed by atoms with Crippen molar-refractivity contribution in [2.75, 3.05) is 31.3 Å². The van der Waals surface area contributed by atoms with Gasteiger partial charge in [0.2, 0.25) is 15.9 Å². The molecule has 0 bridgehead atoms. The number of aromatic nitrogens is 2. The van der Waals surface area contributed by atoms with E-state index in [1.54, 1.807) is 40.8 Å². The van der Waals surface area contributed by atoms with Crippen molar-refractivity contribution in [1.29, 1.82) is 0 Å². The summed E-state index contributed by atoms with van der Waals surface area (Å²) in [6.45, 7) is 0.638. The van der Waals surface area contributed by atoms with Crippen LogP contribution in [0.15, 0.2) is 34.4 Å². The molecule has 1 aliphatic carbocycles. The van der Waals surface area contributed by atoms with Crippen LogP contribution in [0.4, 0.5) is 5.69 Å². The monoisotopic (exact) mass is 488 g/mol. The fourth-order valence-electron chi connectivity index (χ4n) is 4.42. The maximum atomic E-state index is 13.2. The fraction of sp³-hybridized carbons (Fsp3) is 0.409. The molecule has 168 valence electrons. The first-order chi connectivity index (χ1) is 15.4. The van der Waals surface area contributed by atoms with Crippen LogP contribution in [0.1, 0.15) is 28.8 Å². The first kappa shape index (κ1) is 21.8. The number of hydrogen-bond acceptors (Lipinski definition) is 7. The second-order valence-electron chi connectivity index (χ2n) is 8.23. The number of rotatable bonds is 5. The average Bonchev–Trinajstić information content (AvgIpc) is 3.37. The Labute approximate surface area is 195 Å². The van der Waals surface area contributed by atoms with E-state index in [1.807, 2.05) is 0 Å². The van der Waals surface area contributed by atoms with Gasteiger partial charge >= 0.3 is 0 Å². The molecule has 7 nitrogen and oxygen atoms in total. The van der Waals surface area contributed by atoms with Gasteiger partial charge in [-0.25, -0.2) is 22.7 Å². The molecule has 3 heterocycles. The predicted molar refractivity (Wildman–Crippen MR) is 128 cm³/mol. The number of amides is 1. The highest BCUT2D eigenvalue weighted by Crippen LogP contribution is 2.40. The molecule has 0 saturated carbocycles. The largest absolute Gasteiger partial charge is 0.311 e. The summed E-state index contributed by atoms with van der Waals surface area (Å²) in [4.78, 5) is 26.6. The zero-order chi connectivity index (χ0) is 22.5. The van der Waals surface area contributed by atoms with Gasteiger partial charge in [0, 0.05) is 36.6 Å². The van der Waals surface area contributed by atoms with E-state index in [2.05, 4.69) is 9.97 Å². The number of aryl methyl sites for hydroxylation is 3. The summed E-state index contributed by atoms with van der Waals surface area (Å²) >= 11 is 3.22. The number of hydrogen-bond donors (Lipinski definition) is 0. The number of carbonyl (C=O) groups excluding carboxylic acids is 1. The van der Waals surface area contributed by atoms with Crippen LogP contribution < -0.4 is 4.90 Å². The Morgan fingerprint density at radius 3 is 2.84 bits per heavy atom. The third kappa shape index (κ3) is 3.72. The van der Waals surface area contributed by atoms with Crippen molar-refractivity contribution in [3.63, 3.8) is 0 Å². The van der Waals surface area contributed by atoms with Gasteiger partial charge in [-0.2, -0.15) is 0 Å². The molecule has 1 aromatic carbocycles. The highest BCUT2D eigenvalue weighted by Gasteiger charge is 2.27. The van der Waals surface area contributed by atoms with Crippen LogP contribution in [0.5, 0.6) is 0 Å². The minimum atomic E-state index is -3.50. The normalized spacial score (nSPS) is 15.9. The van der Waals surface area contributed by atoms with E-state index < -0.39 is 10.0 Å². The van der Waals surface area contributed by atoms with Gasteiger partial charge in [0.05, 0.1) is 10.6 Å². The lowest BCUT2D eigenvalue weighted by Gasteiger charge is -2.30. The highest BCUT2D eigenvalue weighted by atomic mass is 32.2. The number of benzene rings is 1. The van der Waals surface area contributed by atoms with Gasteiger partial charge in [-0.1, -0.05) is 11.8 Å². The first-order valence-corrected chi connectivity index (χ1v) is 13.8. The summed E-state index contributed by atoms with van der Waals surface area (Å²) in [7, 11) is -0.457. The minimum Gasteiger partial charge on any atom is -0.311 e. The van der Waals surface area contributed by atoms with E-state index in [0.717, 1.165) is 52.2 Å². The van der Waals surface area contributed by atoms with E-state index in [4.69, 9.17) is 0 Å². The van der Waals surface area contributed by atoms with Crippen molar-refractivity contribution >= 4 is 54.9 Å². The number of nitrogens with zero attached hydrogens (tertiary/aromatic N) is 4. The summed E-state index contributed by atoms with van der Waals surface area (Å²) < 4.78 is 26.2. The van der Waals surface area contributed by atoms with Gasteiger partial charge in [0.15, 0.2) is 0 Å². The lowest BCUT2D eigenvalue weighted by Crippen LogP contribution is -2.37. The van der Waals surface area contributed by atoms with Crippen molar-refractivity contribution in [3.8, 4) is 0 Å². The highest BCUT2D eigenvalue weighted by molar-refractivity contribution is 8.00. The van der Waals surface area contributed by atoms with E-state index in [-0.39, 0.29) is 16.6 Å². The molecule has 0 saturated heterocycles. The van der Waals surface area contributed by atoms with Gasteiger partial charge in [-0.3, -0.25) is 4.79 Å². The van der Waals surface area contributed by atoms with Gasteiger partial charge in [-0.05, 0) is 61.4 Å². The van der Waals surface area contributed by atoms with Crippen LogP contribution in [0, 0.1) is 0 Å². The molecule has 0 radical (unpaired) electrons. The Bertz CT molecular complexity index is 1320. The molecule has 5 rings (SSSR count). The molecular formula is C22H24N4O3S3. The molecule has 2 aliphatic rings. The quantitative estimate of drug-likeness (QED) is 0.404. The minimum absolute atomic E-state index is 0.0119. The Hall–Kier alpha value is -2.01. The number of thiophene rings is 1. The van der Waals surface area contributed by atoms with Crippen LogP contribution in [-0.2, 0) is 34.1 Å². The molecule has 0 spiro atoms. The second kappa shape index (κ2) is 8.40. The summed E-state index contributed by atoms with van der Waals surface area (Å²) in [5.41, 5.74) is 3.07. The van der Waals surface area contributed by atoms with E-state index in [9.17, 15) is 13.2 Å². The van der Waals surface area contributed by atoms with E-state index in [0.29, 0.717) is 6.54 Å². The Morgan fingerprint density at radius 2 is 2.03 bits per heavy atom. The van der Waals surface area contributed by atoms with Crippen LogP contribution in [0.3, 0.4) is 0 Å². The summed E-state index contributed by atoms with van der Waals surface area (Å²) in [5.74, 6) is 0.297. The van der Waals surface area contributed by atoms with Crippen molar-refractivity contribution in [2.24, 2.45) is 0 Å². The van der Waals surface area contributed by atoms with Crippen molar-refractivity contribution in [2.45, 2.75) is 42.0 Å². The van der Waals surface area contributed by atoms with Crippen LogP contribution >= 0.6 is 23.1 Å². The average molecular weight is 489 g/mol. The predicted octanol–water partition coefficient (Wildman–Crippen LogP) is 3.50. The number of thioether (sulfide) groups is 1. The molecular weight excluding hydrogens is 464 g/mol. The zero-order valence-electron chi connectivity index (χ0n) is 18.0. The van der Waals surface area contributed by atoms with Crippen LogP contribution in [0.2, 0.25) is 0 Å². The molecule has 3 aromatic rings. The second-order valence-corrected chi connectivity index (χ2v) is 12.4. The van der Waals surface area contributed by atoms with Gasteiger partial charge < -0.3 is 4.90 Å². The SMILES string of the molecule is CN(C)S(=O)(=O)c1ccc2c(c1)CCCN2C(=O)CSc1ncnc2sc3c(c12)CCC3. The summed E-state index contributed by atoms with van der Waals surface area (Å²) in [5, 5.41) is 2.01. The number of fused-ring (bicyclic) bond motifs is 4. The maximum absolute atomic E-state index is 13.2. The van der Waals surface area contributed by atoms with Gasteiger partial charge in [0.1, 0.15) is 16.2 Å². The fourth-order valence-corrected chi connectivity index (χ4v) is 7.57. The third-order valence-electron chi connectivity index (χ3n) is 6.05. The Morgan fingerprint density at radius 1 is 1.19 bits per heavy atom. The van der Waals surface area contributed by atoms with Gasteiger partial charge in [0.25, 0.3) is 0 Å². The molecule has 10 heteroatoms. The van der Waals surface area contributed by atoms with Crippen molar-refractivity contribution in [3.05, 3.63) is 40.5 Å². The summed E-state index contributed by atoms with van der Waals surface area (Å²) in [6.07, 6.45) is 6.49. The zero-order valence-corrected chi connectivity index (χ0v) is 20.4. The van der Waals surface area contributed by atoms with Crippen LogP contribution in [-0.4, -0.2) is 55.0 Å². The molecule has 0 atom stereocenters.